The van der Waals surface area contributed by atoms with E-state index in [2.05, 4.69) is 38.3 Å². The number of Topliss-reactive ketones (excluding diaryl/α,β-unsaturated/α-hetero) is 1. The first-order valence-electron chi connectivity index (χ1n) is 9.02. The number of hydrogen-bond donors (Lipinski definition) is 1. The van der Waals surface area contributed by atoms with Crippen LogP contribution in [-0.4, -0.2) is 44.6 Å². The largest absolute Gasteiger partial charge is 0.484 e. The van der Waals surface area contributed by atoms with Gasteiger partial charge in [-0.15, -0.1) is 0 Å². The second kappa shape index (κ2) is 5.92. The van der Waals surface area contributed by atoms with Gasteiger partial charge in [0.05, 0.1) is 18.1 Å². The molecule has 0 bridgehead atoms. The van der Waals surface area contributed by atoms with Gasteiger partial charge < -0.3 is 4.74 Å². The molecule has 2 aliphatic heterocycles. The average molecular weight is 348 g/mol. The second-order valence-corrected chi connectivity index (χ2v) is 7.30. The molecule has 26 heavy (non-hydrogen) atoms. The van der Waals surface area contributed by atoms with Crippen molar-refractivity contribution in [2.24, 2.45) is 0 Å². The summed E-state index contributed by atoms with van der Waals surface area (Å²) >= 11 is 0. The van der Waals surface area contributed by atoms with E-state index >= 15 is 0 Å². The molecule has 6 nitrogen and oxygen atoms in total. The lowest BCUT2D eigenvalue weighted by Crippen LogP contribution is -2.50. The normalized spacial score (nSPS) is 19.5. The Hall–Kier alpha value is -2.73. The topological polar surface area (TPSA) is 71.1 Å². The number of hydrogen-bond acceptors (Lipinski definition) is 5. The Bertz CT molecular complexity index is 973. The van der Waals surface area contributed by atoms with Crippen molar-refractivity contribution in [2.75, 3.05) is 13.1 Å². The van der Waals surface area contributed by atoms with Gasteiger partial charge in [-0.25, -0.2) is 4.98 Å². The highest BCUT2D eigenvalue weighted by atomic mass is 16.5. The Labute approximate surface area is 151 Å². The van der Waals surface area contributed by atoms with E-state index < -0.39 is 0 Å². The molecule has 1 saturated heterocycles. The number of fused-ring (bicyclic) bond motifs is 2. The van der Waals surface area contributed by atoms with E-state index in [1.165, 1.54) is 5.56 Å². The van der Waals surface area contributed by atoms with Crippen LogP contribution in [0.4, 0.5) is 0 Å². The van der Waals surface area contributed by atoms with Crippen LogP contribution < -0.4 is 4.74 Å². The minimum Gasteiger partial charge on any atom is -0.484 e. The number of nitrogens with one attached hydrogen (secondary N) is 1. The van der Waals surface area contributed by atoms with Crippen LogP contribution in [0.15, 0.2) is 42.7 Å². The molecule has 0 atom stereocenters. The van der Waals surface area contributed by atoms with E-state index in [4.69, 9.17) is 4.74 Å². The van der Waals surface area contributed by atoms with Crippen molar-refractivity contribution in [1.82, 2.24) is 20.1 Å². The molecule has 0 unspecified atom stereocenters. The summed E-state index contributed by atoms with van der Waals surface area (Å²) in [6.07, 6.45) is 5.65. The number of ketones is 1. The van der Waals surface area contributed by atoms with Crippen LogP contribution >= 0.6 is 0 Å². The molecule has 1 aromatic carbocycles. The Morgan fingerprint density at radius 3 is 3.00 bits per heavy atom. The summed E-state index contributed by atoms with van der Waals surface area (Å²) in [6.45, 7) is 2.74. The minimum absolute atomic E-state index is 0.102. The number of aromatic nitrogens is 3. The smallest absolute Gasteiger partial charge is 0.188 e. The van der Waals surface area contributed by atoms with Crippen molar-refractivity contribution in [3.05, 3.63) is 54.0 Å². The Balaban J connectivity index is 1.28. The van der Waals surface area contributed by atoms with Gasteiger partial charge in [0.2, 0.25) is 0 Å². The van der Waals surface area contributed by atoms with Crippen molar-refractivity contribution >= 4 is 16.7 Å². The molecule has 4 heterocycles. The number of H-pyrrole nitrogens is 1. The number of ether oxygens (including phenoxy) is 1. The van der Waals surface area contributed by atoms with Gasteiger partial charge >= 0.3 is 0 Å². The van der Waals surface area contributed by atoms with Crippen molar-refractivity contribution < 1.29 is 9.53 Å². The maximum Gasteiger partial charge on any atom is 0.188 e. The minimum atomic E-state index is -0.364. The van der Waals surface area contributed by atoms with Crippen LogP contribution in [0.3, 0.4) is 0 Å². The standard InChI is InChI=1S/C20H20N4O2/c25-17-11-20(26-18-2-1-7-21-19(17)18)5-8-24(9-6-20)13-14-3-4-15-12-22-23-16(15)10-14/h1-4,7,10,12H,5-6,8-9,11,13H2,(H,22,23). The summed E-state index contributed by atoms with van der Waals surface area (Å²) in [5, 5.41) is 8.24. The Morgan fingerprint density at radius 1 is 1.23 bits per heavy atom. The van der Waals surface area contributed by atoms with Crippen LogP contribution in [0.1, 0.15) is 35.3 Å². The van der Waals surface area contributed by atoms with E-state index in [1.807, 2.05) is 18.3 Å². The number of aromatic amines is 1. The van der Waals surface area contributed by atoms with Crippen molar-refractivity contribution in [2.45, 2.75) is 31.4 Å². The molecule has 0 amide bonds. The molecule has 2 aromatic heterocycles. The fourth-order valence-electron chi connectivity index (χ4n) is 4.07. The zero-order chi connectivity index (χ0) is 17.6. The quantitative estimate of drug-likeness (QED) is 0.771. The first-order valence-corrected chi connectivity index (χ1v) is 9.02. The molecule has 3 aromatic rings. The number of benzene rings is 1. The van der Waals surface area contributed by atoms with Gasteiger partial charge in [0, 0.05) is 44.1 Å². The molecule has 0 radical (unpaired) electrons. The SMILES string of the molecule is O=C1CC2(CCN(Cc3ccc4cn[nH]c4c3)CC2)Oc2cccnc21. The van der Waals surface area contributed by atoms with Crippen molar-refractivity contribution in [3.8, 4) is 5.75 Å². The first kappa shape index (κ1) is 15.5. The maximum absolute atomic E-state index is 12.5. The highest BCUT2D eigenvalue weighted by molar-refractivity contribution is 5.98. The fourth-order valence-corrected chi connectivity index (χ4v) is 4.07. The van der Waals surface area contributed by atoms with E-state index in [0.29, 0.717) is 17.9 Å². The van der Waals surface area contributed by atoms with E-state index in [1.54, 1.807) is 6.20 Å². The maximum atomic E-state index is 12.5. The Kier molecular flexibility index (Phi) is 3.53. The fraction of sp³-hybridized carbons (Fsp3) is 0.350. The molecular weight excluding hydrogens is 328 g/mol. The summed E-state index contributed by atoms with van der Waals surface area (Å²) in [4.78, 5) is 19.1. The lowest BCUT2D eigenvalue weighted by Gasteiger charge is -2.43. The third-order valence-electron chi connectivity index (χ3n) is 5.52. The molecular formula is C20H20N4O2. The summed E-state index contributed by atoms with van der Waals surface area (Å²) in [5.74, 6) is 0.742. The molecule has 1 spiro atoms. The number of pyridine rings is 1. The summed E-state index contributed by atoms with van der Waals surface area (Å²) < 4.78 is 6.25. The van der Waals surface area contributed by atoms with Crippen LogP contribution in [0.2, 0.25) is 0 Å². The zero-order valence-electron chi connectivity index (χ0n) is 14.4. The van der Waals surface area contributed by atoms with Gasteiger partial charge in [0.1, 0.15) is 17.0 Å². The van der Waals surface area contributed by atoms with Crippen LogP contribution in [0.5, 0.6) is 5.75 Å². The van der Waals surface area contributed by atoms with E-state index in [0.717, 1.165) is 43.4 Å². The molecule has 0 saturated carbocycles. The van der Waals surface area contributed by atoms with Gasteiger partial charge in [-0.2, -0.15) is 5.10 Å². The predicted octanol–water partition coefficient (Wildman–Crippen LogP) is 2.96. The van der Waals surface area contributed by atoms with Crippen LogP contribution in [0, 0.1) is 0 Å². The van der Waals surface area contributed by atoms with Gasteiger partial charge in [0.15, 0.2) is 5.78 Å². The van der Waals surface area contributed by atoms with Crippen LogP contribution in [0.25, 0.3) is 10.9 Å². The third-order valence-corrected chi connectivity index (χ3v) is 5.52. The Morgan fingerprint density at radius 2 is 2.12 bits per heavy atom. The second-order valence-electron chi connectivity index (χ2n) is 7.30. The summed E-state index contributed by atoms with van der Waals surface area (Å²) in [7, 11) is 0. The van der Waals surface area contributed by atoms with Crippen LogP contribution in [-0.2, 0) is 6.54 Å². The number of piperidine rings is 1. The highest BCUT2D eigenvalue weighted by Gasteiger charge is 2.43. The zero-order valence-corrected chi connectivity index (χ0v) is 14.4. The highest BCUT2D eigenvalue weighted by Crippen LogP contribution is 2.38. The van der Waals surface area contributed by atoms with E-state index in [-0.39, 0.29) is 11.4 Å². The molecule has 1 fully saturated rings. The van der Waals surface area contributed by atoms with Crippen molar-refractivity contribution in [1.29, 1.82) is 0 Å². The number of carbonyl (C=O) groups excluding carboxylic acids is 1. The van der Waals surface area contributed by atoms with Gasteiger partial charge in [-0.05, 0) is 23.8 Å². The third kappa shape index (κ3) is 2.66. The molecule has 1 N–H and O–H groups in total. The lowest BCUT2D eigenvalue weighted by molar-refractivity contribution is -0.0114. The van der Waals surface area contributed by atoms with Gasteiger partial charge in [0.25, 0.3) is 0 Å². The first-order chi connectivity index (χ1) is 12.7. The number of likely N-dealkylation sites (tertiary alicyclic amines) is 1. The monoisotopic (exact) mass is 348 g/mol. The average Bonchev–Trinajstić information content (AvgIpc) is 3.12. The van der Waals surface area contributed by atoms with Gasteiger partial charge in [-0.3, -0.25) is 14.8 Å². The number of rotatable bonds is 2. The summed E-state index contributed by atoms with van der Waals surface area (Å²) in [5.41, 5.74) is 2.46. The summed E-state index contributed by atoms with van der Waals surface area (Å²) in [6, 6.07) is 10.1. The lowest BCUT2D eigenvalue weighted by atomic mass is 9.83. The molecule has 5 rings (SSSR count). The predicted molar refractivity (Wildman–Crippen MR) is 97.1 cm³/mol. The molecule has 0 aliphatic carbocycles. The molecule has 2 aliphatic rings. The van der Waals surface area contributed by atoms with Gasteiger partial charge in [-0.1, -0.05) is 12.1 Å². The molecule has 132 valence electrons. The number of carbonyl (C=O) groups is 1. The number of nitrogens with zero attached hydrogens (tertiary/aromatic N) is 3. The van der Waals surface area contributed by atoms with Crippen molar-refractivity contribution in [3.63, 3.8) is 0 Å². The van der Waals surface area contributed by atoms with E-state index in [9.17, 15) is 4.79 Å². The molecule has 6 heteroatoms.